The summed E-state index contributed by atoms with van der Waals surface area (Å²) in [7, 11) is -3.32. The molecule has 1 saturated heterocycles. The van der Waals surface area contributed by atoms with Crippen LogP contribution < -0.4 is 14.9 Å². The maximum absolute atomic E-state index is 14.7. The zero-order chi connectivity index (χ0) is 19.0. The van der Waals surface area contributed by atoms with Crippen molar-refractivity contribution in [3.63, 3.8) is 0 Å². The summed E-state index contributed by atoms with van der Waals surface area (Å²) in [5.74, 6) is -0.764. The van der Waals surface area contributed by atoms with Crippen molar-refractivity contribution >= 4 is 27.3 Å². The van der Waals surface area contributed by atoms with E-state index >= 15 is 0 Å². The van der Waals surface area contributed by atoms with E-state index in [4.69, 9.17) is 0 Å². The topological polar surface area (TPSA) is 78.5 Å². The lowest BCUT2D eigenvalue weighted by Gasteiger charge is -2.20. The van der Waals surface area contributed by atoms with Crippen LogP contribution in [0.1, 0.15) is 27.9 Å². The summed E-state index contributed by atoms with van der Waals surface area (Å²) in [5.41, 5.74) is 2.41. The highest BCUT2D eigenvalue weighted by Crippen LogP contribution is 2.27. The first-order valence-electron chi connectivity index (χ1n) is 8.88. The molecule has 8 heteroatoms. The summed E-state index contributed by atoms with van der Waals surface area (Å²) < 4.78 is 40.2. The Morgan fingerprint density at radius 2 is 2.07 bits per heavy atom. The van der Waals surface area contributed by atoms with Crippen LogP contribution in [0.15, 0.2) is 36.4 Å². The van der Waals surface area contributed by atoms with E-state index in [1.807, 2.05) is 6.07 Å². The lowest BCUT2D eigenvalue weighted by molar-refractivity contribution is 0.102. The van der Waals surface area contributed by atoms with E-state index in [9.17, 15) is 17.6 Å². The minimum Gasteiger partial charge on any atom is -0.319 e. The first kappa shape index (κ1) is 17.9. The van der Waals surface area contributed by atoms with Crippen molar-refractivity contribution in [1.82, 2.24) is 5.32 Å². The van der Waals surface area contributed by atoms with Gasteiger partial charge in [-0.25, -0.2) is 12.8 Å². The van der Waals surface area contributed by atoms with Crippen LogP contribution in [-0.2, 0) is 23.0 Å². The van der Waals surface area contributed by atoms with Crippen molar-refractivity contribution in [1.29, 1.82) is 0 Å². The summed E-state index contributed by atoms with van der Waals surface area (Å²) in [6, 6.07) is 9.78. The molecule has 142 valence electrons. The van der Waals surface area contributed by atoms with Gasteiger partial charge in [-0.05, 0) is 54.8 Å². The van der Waals surface area contributed by atoms with Crippen molar-refractivity contribution in [2.75, 3.05) is 28.5 Å². The van der Waals surface area contributed by atoms with Gasteiger partial charge in [0.05, 0.1) is 17.1 Å². The van der Waals surface area contributed by atoms with E-state index in [2.05, 4.69) is 10.6 Å². The average Bonchev–Trinajstić information content (AvgIpc) is 3.03. The summed E-state index contributed by atoms with van der Waals surface area (Å²) in [6.07, 6.45) is 1.14. The van der Waals surface area contributed by atoms with Crippen LogP contribution in [0.2, 0.25) is 0 Å². The molecule has 1 fully saturated rings. The van der Waals surface area contributed by atoms with Crippen LogP contribution >= 0.6 is 0 Å². The zero-order valence-corrected chi connectivity index (χ0v) is 15.5. The second-order valence-corrected chi connectivity index (χ2v) is 8.75. The van der Waals surface area contributed by atoms with E-state index in [-0.39, 0.29) is 17.0 Å². The Hall–Kier alpha value is -2.45. The van der Waals surface area contributed by atoms with Gasteiger partial charge >= 0.3 is 0 Å². The first-order chi connectivity index (χ1) is 13.0. The van der Waals surface area contributed by atoms with Gasteiger partial charge in [-0.1, -0.05) is 12.1 Å². The van der Waals surface area contributed by atoms with E-state index in [0.29, 0.717) is 43.7 Å². The van der Waals surface area contributed by atoms with Gasteiger partial charge in [-0.15, -0.1) is 0 Å². The predicted octanol–water partition coefficient (Wildman–Crippen LogP) is 2.26. The summed E-state index contributed by atoms with van der Waals surface area (Å²) in [4.78, 5) is 12.6. The molecule has 0 aromatic heterocycles. The lowest BCUT2D eigenvalue weighted by atomic mass is 9.99. The highest BCUT2D eigenvalue weighted by atomic mass is 32.2. The molecule has 27 heavy (non-hydrogen) atoms. The molecule has 2 N–H and O–H groups in total. The predicted molar refractivity (Wildman–Crippen MR) is 102 cm³/mol. The Morgan fingerprint density at radius 3 is 2.85 bits per heavy atom. The fourth-order valence-electron chi connectivity index (χ4n) is 3.56. The molecule has 2 aliphatic rings. The molecule has 1 amide bonds. The van der Waals surface area contributed by atoms with Crippen molar-refractivity contribution in [3.05, 3.63) is 58.9 Å². The van der Waals surface area contributed by atoms with Crippen molar-refractivity contribution in [3.8, 4) is 0 Å². The molecule has 2 aromatic rings. The third kappa shape index (κ3) is 3.42. The number of nitrogens with one attached hydrogen (secondary N) is 2. The Labute approximate surface area is 157 Å². The van der Waals surface area contributed by atoms with Gasteiger partial charge in [0, 0.05) is 18.7 Å². The monoisotopic (exact) mass is 389 g/mol. The molecule has 0 unspecified atom stereocenters. The van der Waals surface area contributed by atoms with Crippen molar-refractivity contribution in [2.45, 2.75) is 19.4 Å². The summed E-state index contributed by atoms with van der Waals surface area (Å²) in [6.45, 7) is 1.72. The van der Waals surface area contributed by atoms with E-state index in [1.165, 1.54) is 10.4 Å². The molecule has 0 radical (unpaired) electrons. The second kappa shape index (κ2) is 6.94. The molecular weight excluding hydrogens is 369 g/mol. The number of rotatable bonds is 3. The maximum Gasteiger partial charge on any atom is 0.255 e. The number of carbonyl (C=O) groups excluding carboxylic acids is 1. The number of benzene rings is 2. The highest BCUT2D eigenvalue weighted by molar-refractivity contribution is 7.93. The standard InChI is InChI=1S/C19H20FN3O3S/c20-18-16-7-8-21-12-14(16)5-6-17(18)22-19(24)13-3-1-4-15(11-13)23-9-2-10-27(23,25)26/h1,3-6,11,21H,2,7-10,12H2,(H,22,24). The van der Waals surface area contributed by atoms with Crippen LogP contribution in [0.5, 0.6) is 0 Å². The van der Waals surface area contributed by atoms with Gasteiger partial charge in [-0.3, -0.25) is 9.10 Å². The number of nitrogens with zero attached hydrogens (tertiary/aromatic N) is 1. The van der Waals surface area contributed by atoms with Crippen LogP contribution in [0, 0.1) is 5.82 Å². The summed E-state index contributed by atoms with van der Waals surface area (Å²) in [5, 5.41) is 5.80. The van der Waals surface area contributed by atoms with Gasteiger partial charge in [0.25, 0.3) is 5.91 Å². The number of hydrogen-bond donors (Lipinski definition) is 2. The molecule has 0 spiro atoms. The fourth-order valence-corrected chi connectivity index (χ4v) is 5.11. The van der Waals surface area contributed by atoms with Gasteiger partial charge in [0.15, 0.2) is 0 Å². The highest BCUT2D eigenvalue weighted by Gasteiger charge is 2.28. The average molecular weight is 389 g/mol. The molecule has 2 heterocycles. The zero-order valence-electron chi connectivity index (χ0n) is 14.7. The molecular formula is C19H20FN3O3S. The lowest BCUT2D eigenvalue weighted by Crippen LogP contribution is -2.26. The molecule has 2 aliphatic heterocycles. The number of hydrogen-bond acceptors (Lipinski definition) is 4. The number of carbonyl (C=O) groups is 1. The smallest absolute Gasteiger partial charge is 0.255 e. The number of anilines is 2. The number of fused-ring (bicyclic) bond motifs is 1. The molecule has 2 aromatic carbocycles. The minimum absolute atomic E-state index is 0.110. The van der Waals surface area contributed by atoms with Gasteiger partial charge in [-0.2, -0.15) is 0 Å². The molecule has 0 aliphatic carbocycles. The normalized spacial score (nSPS) is 18.2. The van der Waals surface area contributed by atoms with E-state index < -0.39 is 21.7 Å². The van der Waals surface area contributed by atoms with Gasteiger partial charge in [0.1, 0.15) is 5.82 Å². The SMILES string of the molecule is O=C(Nc1ccc2c(c1F)CCNC2)c1cccc(N2CCCS2(=O)=O)c1. The van der Waals surface area contributed by atoms with Crippen LogP contribution in [0.25, 0.3) is 0 Å². The quantitative estimate of drug-likeness (QED) is 0.844. The third-order valence-electron chi connectivity index (χ3n) is 4.95. The van der Waals surface area contributed by atoms with Crippen LogP contribution in [0.3, 0.4) is 0 Å². The second-order valence-electron chi connectivity index (χ2n) is 6.74. The molecule has 4 rings (SSSR count). The van der Waals surface area contributed by atoms with Crippen LogP contribution in [-0.4, -0.2) is 33.2 Å². The van der Waals surface area contributed by atoms with Crippen molar-refractivity contribution < 1.29 is 17.6 Å². The van der Waals surface area contributed by atoms with Gasteiger partial charge in [0.2, 0.25) is 10.0 Å². The largest absolute Gasteiger partial charge is 0.319 e. The Kier molecular flexibility index (Phi) is 4.61. The number of amides is 1. The first-order valence-corrected chi connectivity index (χ1v) is 10.5. The minimum atomic E-state index is -3.32. The van der Waals surface area contributed by atoms with E-state index in [0.717, 1.165) is 5.56 Å². The Balaban J connectivity index is 1.58. The van der Waals surface area contributed by atoms with E-state index in [1.54, 1.807) is 24.3 Å². The number of sulfonamides is 1. The van der Waals surface area contributed by atoms with Crippen LogP contribution in [0.4, 0.5) is 15.8 Å². The molecule has 6 nitrogen and oxygen atoms in total. The van der Waals surface area contributed by atoms with Crippen molar-refractivity contribution in [2.24, 2.45) is 0 Å². The number of halogens is 1. The molecule has 0 saturated carbocycles. The Bertz CT molecular complexity index is 1010. The third-order valence-corrected chi connectivity index (χ3v) is 6.82. The summed E-state index contributed by atoms with van der Waals surface area (Å²) >= 11 is 0. The fraction of sp³-hybridized carbons (Fsp3) is 0.316. The molecule has 0 bridgehead atoms. The Morgan fingerprint density at radius 1 is 1.22 bits per heavy atom. The molecule has 0 atom stereocenters. The van der Waals surface area contributed by atoms with Gasteiger partial charge < -0.3 is 10.6 Å². The maximum atomic E-state index is 14.7.